The van der Waals surface area contributed by atoms with E-state index in [1.807, 2.05) is 24.3 Å². The van der Waals surface area contributed by atoms with Gasteiger partial charge in [-0.05, 0) is 24.4 Å². The number of aromatic nitrogens is 2. The molecule has 0 aliphatic rings. The van der Waals surface area contributed by atoms with Gasteiger partial charge < -0.3 is 10.6 Å². The zero-order chi connectivity index (χ0) is 9.26. The van der Waals surface area contributed by atoms with Crippen molar-refractivity contribution in [2.45, 2.75) is 0 Å². The van der Waals surface area contributed by atoms with E-state index in [4.69, 9.17) is 10.6 Å². The number of thiocarbonyl (C=S) groups is 1. The second-order valence-corrected chi connectivity index (χ2v) is 2.87. The minimum absolute atomic E-state index is 0.0249. The summed E-state index contributed by atoms with van der Waals surface area (Å²) in [5.74, 6) is 0. The summed E-state index contributed by atoms with van der Waals surface area (Å²) in [4.78, 5) is 9.13. The molecule has 1 aromatic heterocycles. The van der Waals surface area contributed by atoms with Gasteiger partial charge in [0.1, 0.15) is 11.8 Å². The van der Waals surface area contributed by atoms with Gasteiger partial charge in [-0.25, -0.2) is 4.98 Å². The minimum atomic E-state index is -0.0249. The summed E-state index contributed by atoms with van der Waals surface area (Å²) in [6, 6.07) is 7.55. The van der Waals surface area contributed by atoms with Crippen molar-refractivity contribution in [3.05, 3.63) is 30.6 Å². The highest BCUT2D eigenvalue weighted by molar-refractivity contribution is 7.80. The van der Waals surface area contributed by atoms with Gasteiger partial charge in [0, 0.05) is 0 Å². The quantitative estimate of drug-likeness (QED) is 0.678. The van der Waals surface area contributed by atoms with Crippen molar-refractivity contribution in [1.29, 1.82) is 0 Å². The van der Waals surface area contributed by atoms with Crippen LogP contribution in [0.3, 0.4) is 0 Å². The van der Waals surface area contributed by atoms with Crippen molar-refractivity contribution in [1.82, 2.24) is 9.71 Å². The van der Waals surface area contributed by atoms with E-state index in [9.17, 15) is 0 Å². The van der Waals surface area contributed by atoms with Crippen LogP contribution in [0.25, 0.3) is 11.0 Å². The molecule has 2 aromatic rings. The molecule has 0 aliphatic heterocycles. The Bertz CT molecular complexity index is 451. The Kier molecular flexibility index (Phi) is 1.86. The SMILES string of the molecule is NC(=S)On1cnc2ccccc21. The number of para-hydroxylation sites is 2. The molecular weight excluding hydrogens is 186 g/mol. The molecule has 0 atom stereocenters. The first kappa shape index (κ1) is 8.00. The van der Waals surface area contributed by atoms with Crippen molar-refractivity contribution in [3.8, 4) is 0 Å². The lowest BCUT2D eigenvalue weighted by Gasteiger charge is -2.02. The van der Waals surface area contributed by atoms with E-state index in [2.05, 4.69) is 17.2 Å². The smallest absolute Gasteiger partial charge is 0.284 e. The summed E-state index contributed by atoms with van der Waals surface area (Å²) in [6.07, 6.45) is 1.53. The maximum atomic E-state index is 5.24. The van der Waals surface area contributed by atoms with Crippen molar-refractivity contribution in [3.63, 3.8) is 0 Å². The zero-order valence-electron chi connectivity index (χ0n) is 6.68. The third kappa shape index (κ3) is 1.46. The van der Waals surface area contributed by atoms with E-state index < -0.39 is 0 Å². The van der Waals surface area contributed by atoms with Gasteiger partial charge in [-0.2, -0.15) is 4.73 Å². The van der Waals surface area contributed by atoms with E-state index in [0.717, 1.165) is 11.0 Å². The summed E-state index contributed by atoms with van der Waals surface area (Å²) in [5, 5.41) is -0.0249. The van der Waals surface area contributed by atoms with Crippen molar-refractivity contribution in [2.24, 2.45) is 5.73 Å². The highest BCUT2D eigenvalue weighted by Crippen LogP contribution is 2.09. The molecule has 2 rings (SSSR count). The zero-order valence-corrected chi connectivity index (χ0v) is 7.49. The van der Waals surface area contributed by atoms with Crippen molar-refractivity contribution < 1.29 is 4.84 Å². The maximum absolute atomic E-state index is 5.24. The average molecular weight is 193 g/mol. The molecule has 0 spiro atoms. The summed E-state index contributed by atoms with van der Waals surface area (Å²) in [6.45, 7) is 0. The van der Waals surface area contributed by atoms with Crippen LogP contribution in [-0.4, -0.2) is 14.9 Å². The van der Waals surface area contributed by atoms with Crippen LogP contribution in [0.15, 0.2) is 30.6 Å². The third-order valence-corrected chi connectivity index (χ3v) is 1.68. The van der Waals surface area contributed by atoms with Gasteiger partial charge in [0.2, 0.25) is 0 Å². The summed E-state index contributed by atoms with van der Waals surface area (Å²) in [5.41, 5.74) is 6.92. The number of fused-ring (bicyclic) bond motifs is 1. The minimum Gasteiger partial charge on any atom is -0.358 e. The molecule has 66 valence electrons. The molecular formula is C8H7N3OS. The molecule has 1 aromatic carbocycles. The number of hydrogen-bond acceptors (Lipinski definition) is 3. The standard InChI is InChI=1S/C8H7N3OS/c9-8(13)12-11-5-10-6-3-1-2-4-7(6)11/h1-5H,(H2,9,13). The van der Waals surface area contributed by atoms with Crippen molar-refractivity contribution in [2.75, 3.05) is 0 Å². The topological polar surface area (TPSA) is 53.1 Å². The molecule has 0 saturated carbocycles. The molecule has 13 heavy (non-hydrogen) atoms. The Morgan fingerprint density at radius 2 is 2.23 bits per heavy atom. The average Bonchev–Trinajstić information content (AvgIpc) is 2.48. The summed E-state index contributed by atoms with van der Waals surface area (Å²) >= 11 is 4.61. The number of hydrogen-bond donors (Lipinski definition) is 1. The van der Waals surface area contributed by atoms with Crippen LogP contribution in [0.1, 0.15) is 0 Å². The monoisotopic (exact) mass is 193 g/mol. The summed E-state index contributed by atoms with van der Waals surface area (Å²) in [7, 11) is 0. The van der Waals surface area contributed by atoms with E-state index >= 15 is 0 Å². The fraction of sp³-hybridized carbons (Fsp3) is 0. The van der Waals surface area contributed by atoms with Crippen LogP contribution >= 0.6 is 12.2 Å². The Balaban J connectivity index is 2.51. The molecule has 0 unspecified atom stereocenters. The van der Waals surface area contributed by atoms with Gasteiger partial charge >= 0.3 is 0 Å². The summed E-state index contributed by atoms with van der Waals surface area (Å²) < 4.78 is 1.44. The first-order valence-electron chi connectivity index (χ1n) is 3.67. The lowest BCUT2D eigenvalue weighted by molar-refractivity contribution is 0.278. The first-order valence-corrected chi connectivity index (χ1v) is 4.08. The number of nitrogens with two attached hydrogens (primary N) is 1. The second-order valence-electron chi connectivity index (χ2n) is 2.47. The predicted molar refractivity (Wildman–Crippen MR) is 53.1 cm³/mol. The number of benzene rings is 1. The van der Waals surface area contributed by atoms with E-state index in [0.29, 0.717) is 0 Å². The largest absolute Gasteiger partial charge is 0.358 e. The Hall–Kier alpha value is -1.62. The van der Waals surface area contributed by atoms with Gasteiger partial charge in [0.05, 0.1) is 5.52 Å². The highest BCUT2D eigenvalue weighted by atomic mass is 32.1. The Morgan fingerprint density at radius 1 is 1.46 bits per heavy atom. The Labute approximate surface area is 79.9 Å². The second kappa shape index (κ2) is 3.02. The lowest BCUT2D eigenvalue weighted by Crippen LogP contribution is -2.24. The molecule has 0 amide bonds. The number of imidazole rings is 1. The first-order chi connectivity index (χ1) is 6.27. The molecule has 0 radical (unpaired) electrons. The van der Waals surface area contributed by atoms with Crippen LogP contribution < -0.4 is 10.6 Å². The number of rotatable bonds is 1. The fourth-order valence-electron chi connectivity index (χ4n) is 1.11. The van der Waals surface area contributed by atoms with Crippen molar-refractivity contribution >= 4 is 28.4 Å². The van der Waals surface area contributed by atoms with Gasteiger partial charge in [-0.3, -0.25) is 0 Å². The van der Waals surface area contributed by atoms with E-state index in [1.165, 1.54) is 11.1 Å². The van der Waals surface area contributed by atoms with Crippen LogP contribution in [0.2, 0.25) is 0 Å². The number of nitrogens with zero attached hydrogens (tertiary/aromatic N) is 2. The molecule has 5 heteroatoms. The normalized spacial score (nSPS) is 10.2. The van der Waals surface area contributed by atoms with Crippen LogP contribution in [0.5, 0.6) is 0 Å². The van der Waals surface area contributed by atoms with Crippen LogP contribution in [0, 0.1) is 0 Å². The molecule has 0 fully saturated rings. The molecule has 0 bridgehead atoms. The fourth-order valence-corrected chi connectivity index (χ4v) is 1.19. The van der Waals surface area contributed by atoms with E-state index in [1.54, 1.807) is 0 Å². The van der Waals surface area contributed by atoms with Crippen LogP contribution in [0.4, 0.5) is 0 Å². The van der Waals surface area contributed by atoms with Gasteiger partial charge in [-0.15, -0.1) is 0 Å². The molecule has 1 heterocycles. The predicted octanol–water partition coefficient (Wildman–Crippen LogP) is 0.708. The lowest BCUT2D eigenvalue weighted by atomic mass is 10.3. The van der Waals surface area contributed by atoms with Gasteiger partial charge in [0.25, 0.3) is 5.17 Å². The van der Waals surface area contributed by atoms with E-state index in [-0.39, 0.29) is 5.17 Å². The highest BCUT2D eigenvalue weighted by Gasteiger charge is 2.01. The third-order valence-electron chi connectivity index (χ3n) is 1.61. The molecule has 0 saturated heterocycles. The molecule has 2 N–H and O–H groups in total. The van der Waals surface area contributed by atoms with Gasteiger partial charge in [0.15, 0.2) is 0 Å². The Morgan fingerprint density at radius 3 is 3.00 bits per heavy atom. The molecule has 4 nitrogen and oxygen atoms in total. The maximum Gasteiger partial charge on any atom is 0.284 e. The molecule has 0 aliphatic carbocycles. The van der Waals surface area contributed by atoms with Gasteiger partial charge in [-0.1, -0.05) is 12.1 Å². The van der Waals surface area contributed by atoms with Crippen LogP contribution in [-0.2, 0) is 0 Å².